The van der Waals surface area contributed by atoms with E-state index in [4.69, 9.17) is 4.74 Å². The molecule has 0 radical (unpaired) electrons. The maximum absolute atomic E-state index is 11.9. The number of rotatable bonds is 7. The van der Waals surface area contributed by atoms with Gasteiger partial charge in [0, 0.05) is 32.7 Å². The van der Waals surface area contributed by atoms with Gasteiger partial charge in [0.1, 0.15) is 0 Å². The second-order valence-electron chi connectivity index (χ2n) is 5.87. The van der Waals surface area contributed by atoms with Crippen LogP contribution in [0.4, 0.5) is 0 Å². The largest absolute Gasteiger partial charge is 0.385 e. The number of hydrogen-bond acceptors (Lipinski definition) is 3. The molecule has 19 heavy (non-hydrogen) atoms. The zero-order chi connectivity index (χ0) is 12.8. The summed E-state index contributed by atoms with van der Waals surface area (Å²) in [6, 6.07) is 0.404. The second kappa shape index (κ2) is 8.08. The highest BCUT2D eigenvalue weighted by molar-refractivity contribution is 5.85. The van der Waals surface area contributed by atoms with Gasteiger partial charge in [-0.2, -0.15) is 0 Å². The maximum Gasteiger partial charge on any atom is 0.221 e. The van der Waals surface area contributed by atoms with Crippen LogP contribution in [-0.4, -0.2) is 38.8 Å². The lowest BCUT2D eigenvalue weighted by molar-refractivity contribution is -0.122. The van der Waals surface area contributed by atoms with Crippen molar-refractivity contribution in [2.45, 2.75) is 51.0 Å². The fraction of sp³-hybridized carbons (Fsp3) is 0.929. The average molecular weight is 291 g/mol. The van der Waals surface area contributed by atoms with E-state index in [1.807, 2.05) is 0 Å². The predicted octanol–water partition coefficient (Wildman–Crippen LogP) is 1.87. The highest BCUT2D eigenvalue weighted by Gasteiger charge is 2.36. The Hall–Kier alpha value is -0.320. The molecule has 4 nitrogen and oxygen atoms in total. The normalized spacial score (nSPS) is 24.4. The Morgan fingerprint density at radius 2 is 2.21 bits per heavy atom. The predicted molar refractivity (Wildman–Crippen MR) is 78.7 cm³/mol. The molecule has 0 aromatic heterocycles. The first kappa shape index (κ1) is 16.7. The van der Waals surface area contributed by atoms with E-state index in [-0.39, 0.29) is 18.3 Å². The molecule has 112 valence electrons. The molecule has 1 amide bonds. The number of ether oxygens (including phenoxy) is 1. The van der Waals surface area contributed by atoms with Crippen LogP contribution in [0.3, 0.4) is 0 Å². The molecule has 0 bridgehead atoms. The van der Waals surface area contributed by atoms with Crippen molar-refractivity contribution in [1.82, 2.24) is 10.6 Å². The highest BCUT2D eigenvalue weighted by atomic mass is 35.5. The lowest BCUT2D eigenvalue weighted by atomic mass is 9.66. The molecule has 0 aromatic carbocycles. The Bertz CT molecular complexity index is 277. The van der Waals surface area contributed by atoms with Crippen molar-refractivity contribution >= 4 is 18.3 Å². The fourth-order valence-electron chi connectivity index (χ4n) is 3.02. The van der Waals surface area contributed by atoms with Crippen LogP contribution in [0.1, 0.15) is 44.9 Å². The third kappa shape index (κ3) is 4.93. The summed E-state index contributed by atoms with van der Waals surface area (Å²) >= 11 is 0. The molecule has 1 aliphatic heterocycles. The molecule has 2 rings (SSSR count). The van der Waals surface area contributed by atoms with Gasteiger partial charge in [-0.3, -0.25) is 4.79 Å². The molecule has 1 atom stereocenters. The van der Waals surface area contributed by atoms with Crippen LogP contribution >= 0.6 is 12.4 Å². The lowest BCUT2D eigenvalue weighted by Gasteiger charge is -2.42. The first-order valence-corrected chi connectivity index (χ1v) is 7.23. The zero-order valence-electron chi connectivity index (χ0n) is 11.9. The van der Waals surface area contributed by atoms with E-state index >= 15 is 0 Å². The summed E-state index contributed by atoms with van der Waals surface area (Å²) < 4.78 is 5.16. The summed E-state index contributed by atoms with van der Waals surface area (Å²) in [5.41, 5.74) is 0.328. The molecule has 1 aliphatic carbocycles. The molecule has 2 aliphatic rings. The van der Waals surface area contributed by atoms with Crippen molar-refractivity contribution in [3.05, 3.63) is 0 Å². The average Bonchev–Trinajstić information content (AvgIpc) is 2.80. The van der Waals surface area contributed by atoms with Gasteiger partial charge >= 0.3 is 0 Å². The van der Waals surface area contributed by atoms with Crippen molar-refractivity contribution in [2.75, 3.05) is 26.8 Å². The molecular formula is C14H27ClN2O2. The molecule has 2 fully saturated rings. The first-order valence-electron chi connectivity index (χ1n) is 7.23. The number of carbonyl (C=O) groups excluding carboxylic acids is 1. The molecule has 0 aromatic rings. The Kier molecular flexibility index (Phi) is 7.11. The van der Waals surface area contributed by atoms with Gasteiger partial charge in [0.05, 0.1) is 0 Å². The van der Waals surface area contributed by atoms with Crippen LogP contribution in [0.2, 0.25) is 0 Å². The van der Waals surface area contributed by atoms with Crippen LogP contribution in [0.15, 0.2) is 0 Å². The van der Waals surface area contributed by atoms with Gasteiger partial charge in [-0.05, 0) is 44.1 Å². The van der Waals surface area contributed by atoms with Gasteiger partial charge in [0.2, 0.25) is 5.91 Å². The van der Waals surface area contributed by atoms with Gasteiger partial charge in [-0.25, -0.2) is 0 Å². The van der Waals surface area contributed by atoms with Crippen LogP contribution in [-0.2, 0) is 9.53 Å². The number of halogens is 1. The van der Waals surface area contributed by atoms with E-state index in [9.17, 15) is 4.79 Å². The number of methoxy groups -OCH3 is 1. The zero-order valence-corrected chi connectivity index (χ0v) is 12.7. The highest BCUT2D eigenvalue weighted by Crippen LogP contribution is 2.43. The Morgan fingerprint density at radius 3 is 2.74 bits per heavy atom. The monoisotopic (exact) mass is 290 g/mol. The van der Waals surface area contributed by atoms with Gasteiger partial charge < -0.3 is 15.4 Å². The van der Waals surface area contributed by atoms with E-state index in [0.29, 0.717) is 17.9 Å². The number of hydrogen-bond donors (Lipinski definition) is 2. The standard InChI is InChI=1S/C14H26N2O2.ClH/c1-18-9-7-14(5-3-6-14)11-16-13(17)10-12-4-2-8-15-12;/h12,15H,2-11H2,1H3,(H,16,17);1H. The van der Waals surface area contributed by atoms with Gasteiger partial charge in [-0.15, -0.1) is 12.4 Å². The van der Waals surface area contributed by atoms with E-state index in [2.05, 4.69) is 10.6 Å². The molecular weight excluding hydrogens is 264 g/mol. The van der Waals surface area contributed by atoms with Crippen molar-refractivity contribution in [1.29, 1.82) is 0 Å². The third-order valence-corrected chi connectivity index (χ3v) is 4.51. The number of nitrogens with one attached hydrogen (secondary N) is 2. The lowest BCUT2D eigenvalue weighted by Crippen LogP contribution is -2.44. The molecule has 1 saturated heterocycles. The summed E-state index contributed by atoms with van der Waals surface area (Å²) in [4.78, 5) is 11.9. The van der Waals surface area contributed by atoms with Crippen molar-refractivity contribution in [2.24, 2.45) is 5.41 Å². The Labute approximate surface area is 122 Å². The Morgan fingerprint density at radius 1 is 1.42 bits per heavy atom. The third-order valence-electron chi connectivity index (χ3n) is 4.51. The Balaban J connectivity index is 0.00000180. The van der Waals surface area contributed by atoms with E-state index in [1.165, 1.54) is 25.7 Å². The maximum atomic E-state index is 11.9. The van der Waals surface area contributed by atoms with E-state index < -0.39 is 0 Å². The minimum atomic E-state index is 0. The summed E-state index contributed by atoms with van der Waals surface area (Å²) in [7, 11) is 1.75. The molecule has 1 heterocycles. The molecule has 1 unspecified atom stereocenters. The topological polar surface area (TPSA) is 50.4 Å². The minimum Gasteiger partial charge on any atom is -0.385 e. The van der Waals surface area contributed by atoms with Gasteiger partial charge in [-0.1, -0.05) is 6.42 Å². The first-order chi connectivity index (χ1) is 8.74. The summed E-state index contributed by atoms with van der Waals surface area (Å²) in [5, 5.41) is 6.49. The van der Waals surface area contributed by atoms with Crippen LogP contribution in [0.5, 0.6) is 0 Å². The summed E-state index contributed by atoms with van der Waals surface area (Å²) in [6.45, 7) is 2.71. The van der Waals surface area contributed by atoms with Crippen molar-refractivity contribution in [3.63, 3.8) is 0 Å². The van der Waals surface area contributed by atoms with Crippen LogP contribution in [0, 0.1) is 5.41 Å². The molecule has 5 heteroatoms. The fourth-order valence-corrected chi connectivity index (χ4v) is 3.02. The number of carbonyl (C=O) groups is 1. The number of amides is 1. The SMILES string of the molecule is COCCC1(CNC(=O)CC2CCCN2)CCC1.Cl. The smallest absolute Gasteiger partial charge is 0.221 e. The van der Waals surface area contributed by atoms with Gasteiger partial charge in [0.15, 0.2) is 0 Å². The van der Waals surface area contributed by atoms with Gasteiger partial charge in [0.25, 0.3) is 0 Å². The van der Waals surface area contributed by atoms with Crippen molar-refractivity contribution in [3.8, 4) is 0 Å². The summed E-state index contributed by atoms with van der Waals surface area (Å²) in [5.74, 6) is 0.207. The quantitative estimate of drug-likeness (QED) is 0.753. The molecule has 1 saturated carbocycles. The van der Waals surface area contributed by atoms with Crippen LogP contribution < -0.4 is 10.6 Å². The minimum absolute atomic E-state index is 0. The molecule has 0 spiro atoms. The van der Waals surface area contributed by atoms with Crippen molar-refractivity contribution < 1.29 is 9.53 Å². The van der Waals surface area contributed by atoms with E-state index in [0.717, 1.165) is 32.5 Å². The second-order valence-corrected chi connectivity index (χ2v) is 5.87. The van der Waals surface area contributed by atoms with Crippen LogP contribution in [0.25, 0.3) is 0 Å². The van der Waals surface area contributed by atoms with E-state index in [1.54, 1.807) is 7.11 Å². The summed E-state index contributed by atoms with van der Waals surface area (Å²) in [6.07, 6.45) is 7.82. The molecule has 2 N–H and O–H groups in total.